The Kier molecular flexibility index (Phi) is 3.83. The molecule has 0 spiro atoms. The lowest BCUT2D eigenvalue weighted by Crippen LogP contribution is -2.42. The van der Waals surface area contributed by atoms with E-state index in [1.165, 1.54) is 12.4 Å². The molecule has 0 N–H and O–H groups in total. The lowest BCUT2D eigenvalue weighted by atomic mass is 10.2. The van der Waals surface area contributed by atoms with Gasteiger partial charge >= 0.3 is 0 Å². The SMILES string of the molecule is Cc1cnc([C@H]2CN(C(=O)c3cnccn3)CCO2)cn1. The molecular weight excluding hydrogens is 270 g/mol. The molecule has 2 aromatic heterocycles. The van der Waals surface area contributed by atoms with E-state index in [-0.39, 0.29) is 12.0 Å². The standard InChI is InChI=1S/C14H15N5O2/c1-10-6-18-11(8-17-10)13-9-19(4-5-21-13)14(20)12-7-15-2-3-16-12/h2-3,6-8,13H,4-5,9H2,1H3/t13-/m1/s1. The van der Waals surface area contributed by atoms with E-state index in [9.17, 15) is 4.79 Å². The maximum Gasteiger partial charge on any atom is 0.274 e. The molecule has 108 valence electrons. The minimum Gasteiger partial charge on any atom is -0.368 e. The van der Waals surface area contributed by atoms with E-state index in [0.717, 1.165) is 11.4 Å². The van der Waals surface area contributed by atoms with Crippen LogP contribution in [0.4, 0.5) is 0 Å². The smallest absolute Gasteiger partial charge is 0.274 e. The highest BCUT2D eigenvalue weighted by molar-refractivity contribution is 5.92. The Bertz CT molecular complexity index is 617. The monoisotopic (exact) mass is 285 g/mol. The summed E-state index contributed by atoms with van der Waals surface area (Å²) in [6, 6.07) is 0. The minimum absolute atomic E-state index is 0.142. The summed E-state index contributed by atoms with van der Waals surface area (Å²) in [5, 5.41) is 0. The fraction of sp³-hybridized carbons (Fsp3) is 0.357. The van der Waals surface area contributed by atoms with Gasteiger partial charge in [-0.3, -0.25) is 19.7 Å². The van der Waals surface area contributed by atoms with Crippen LogP contribution in [0.15, 0.2) is 31.0 Å². The number of hydrogen-bond acceptors (Lipinski definition) is 6. The van der Waals surface area contributed by atoms with E-state index in [2.05, 4.69) is 19.9 Å². The van der Waals surface area contributed by atoms with Gasteiger partial charge in [-0.05, 0) is 6.92 Å². The predicted molar refractivity (Wildman–Crippen MR) is 73.4 cm³/mol. The minimum atomic E-state index is -0.257. The molecule has 0 aliphatic carbocycles. The van der Waals surface area contributed by atoms with Crippen molar-refractivity contribution in [2.45, 2.75) is 13.0 Å². The van der Waals surface area contributed by atoms with Crippen LogP contribution in [-0.2, 0) is 4.74 Å². The first-order chi connectivity index (χ1) is 10.2. The Balaban J connectivity index is 1.74. The van der Waals surface area contributed by atoms with Crippen LogP contribution in [0.5, 0.6) is 0 Å². The molecule has 21 heavy (non-hydrogen) atoms. The fourth-order valence-corrected chi connectivity index (χ4v) is 2.15. The topological polar surface area (TPSA) is 81.1 Å². The van der Waals surface area contributed by atoms with Crippen molar-refractivity contribution in [1.82, 2.24) is 24.8 Å². The largest absolute Gasteiger partial charge is 0.368 e. The molecule has 1 aliphatic rings. The Morgan fingerprint density at radius 1 is 1.24 bits per heavy atom. The van der Waals surface area contributed by atoms with Gasteiger partial charge in [0.2, 0.25) is 0 Å². The fourth-order valence-electron chi connectivity index (χ4n) is 2.15. The summed E-state index contributed by atoms with van der Waals surface area (Å²) in [5.41, 5.74) is 1.92. The lowest BCUT2D eigenvalue weighted by Gasteiger charge is -2.32. The molecule has 1 aliphatic heterocycles. The molecule has 3 heterocycles. The second kappa shape index (κ2) is 5.92. The number of ether oxygens (including phenoxy) is 1. The third kappa shape index (κ3) is 3.03. The maximum atomic E-state index is 12.4. The first-order valence-corrected chi connectivity index (χ1v) is 6.69. The molecule has 0 radical (unpaired) electrons. The first-order valence-electron chi connectivity index (χ1n) is 6.69. The second-order valence-corrected chi connectivity index (χ2v) is 4.78. The maximum absolute atomic E-state index is 12.4. The number of aromatic nitrogens is 4. The summed E-state index contributed by atoms with van der Waals surface area (Å²) >= 11 is 0. The number of morpholine rings is 1. The zero-order chi connectivity index (χ0) is 14.7. The number of hydrogen-bond donors (Lipinski definition) is 0. The normalized spacial score (nSPS) is 18.5. The second-order valence-electron chi connectivity index (χ2n) is 4.78. The van der Waals surface area contributed by atoms with Crippen LogP contribution in [0.2, 0.25) is 0 Å². The van der Waals surface area contributed by atoms with Gasteiger partial charge in [0, 0.05) is 25.1 Å². The van der Waals surface area contributed by atoms with E-state index < -0.39 is 0 Å². The van der Waals surface area contributed by atoms with Gasteiger partial charge in [-0.1, -0.05) is 0 Å². The molecule has 1 fully saturated rings. The van der Waals surface area contributed by atoms with Gasteiger partial charge in [-0.15, -0.1) is 0 Å². The molecule has 7 nitrogen and oxygen atoms in total. The van der Waals surface area contributed by atoms with Crippen molar-refractivity contribution in [3.63, 3.8) is 0 Å². The van der Waals surface area contributed by atoms with Gasteiger partial charge in [0.05, 0.1) is 36.9 Å². The van der Waals surface area contributed by atoms with Crippen molar-refractivity contribution in [3.8, 4) is 0 Å². The molecule has 1 saturated heterocycles. The van der Waals surface area contributed by atoms with Crippen molar-refractivity contribution in [2.24, 2.45) is 0 Å². The molecule has 0 unspecified atom stereocenters. The first kappa shape index (κ1) is 13.6. The van der Waals surface area contributed by atoms with E-state index >= 15 is 0 Å². The number of nitrogens with zero attached hydrogens (tertiary/aromatic N) is 5. The summed E-state index contributed by atoms with van der Waals surface area (Å²) in [6.07, 6.45) is 7.65. The molecule has 1 amide bonds. The van der Waals surface area contributed by atoms with Gasteiger partial charge in [0.1, 0.15) is 11.8 Å². The Hall–Kier alpha value is -2.41. The zero-order valence-electron chi connectivity index (χ0n) is 11.6. The number of carbonyl (C=O) groups excluding carboxylic acids is 1. The van der Waals surface area contributed by atoms with Crippen molar-refractivity contribution in [1.29, 1.82) is 0 Å². The summed E-state index contributed by atoms with van der Waals surface area (Å²) < 4.78 is 5.69. The zero-order valence-corrected chi connectivity index (χ0v) is 11.6. The highest BCUT2D eigenvalue weighted by atomic mass is 16.5. The highest BCUT2D eigenvalue weighted by Gasteiger charge is 2.27. The van der Waals surface area contributed by atoms with Crippen LogP contribution in [0.25, 0.3) is 0 Å². The van der Waals surface area contributed by atoms with Crippen molar-refractivity contribution < 1.29 is 9.53 Å². The van der Waals surface area contributed by atoms with Gasteiger partial charge in [0.15, 0.2) is 0 Å². The number of amides is 1. The molecule has 0 bridgehead atoms. The summed E-state index contributed by atoms with van der Waals surface area (Å²) in [4.78, 5) is 30.6. The van der Waals surface area contributed by atoms with E-state index in [1.54, 1.807) is 23.5 Å². The summed E-state index contributed by atoms with van der Waals surface area (Å²) in [7, 11) is 0. The highest BCUT2D eigenvalue weighted by Crippen LogP contribution is 2.20. The van der Waals surface area contributed by atoms with E-state index in [4.69, 9.17) is 4.74 Å². The van der Waals surface area contributed by atoms with Crippen molar-refractivity contribution in [3.05, 3.63) is 48.1 Å². The Labute approximate surface area is 122 Å². The van der Waals surface area contributed by atoms with Gasteiger partial charge in [-0.2, -0.15) is 0 Å². The van der Waals surface area contributed by atoms with Gasteiger partial charge < -0.3 is 9.64 Å². The van der Waals surface area contributed by atoms with Gasteiger partial charge in [-0.25, -0.2) is 4.98 Å². The molecule has 0 aromatic carbocycles. The van der Waals surface area contributed by atoms with E-state index in [1.807, 2.05) is 6.92 Å². The van der Waals surface area contributed by atoms with Crippen LogP contribution >= 0.6 is 0 Å². The lowest BCUT2D eigenvalue weighted by molar-refractivity contribution is -0.0251. The quantitative estimate of drug-likeness (QED) is 0.811. The van der Waals surface area contributed by atoms with Crippen LogP contribution in [0.1, 0.15) is 28.0 Å². The number of rotatable bonds is 2. The van der Waals surface area contributed by atoms with Crippen molar-refractivity contribution in [2.75, 3.05) is 19.7 Å². The average Bonchev–Trinajstić information content (AvgIpc) is 2.56. The van der Waals surface area contributed by atoms with E-state index in [0.29, 0.717) is 25.4 Å². The van der Waals surface area contributed by atoms with Crippen LogP contribution in [0.3, 0.4) is 0 Å². The van der Waals surface area contributed by atoms with Crippen LogP contribution in [-0.4, -0.2) is 50.4 Å². The predicted octanol–water partition coefficient (Wildman–Crippen LogP) is 0.789. The molecule has 7 heteroatoms. The van der Waals surface area contributed by atoms with Gasteiger partial charge in [0.25, 0.3) is 5.91 Å². The Morgan fingerprint density at radius 2 is 2.14 bits per heavy atom. The molecule has 2 aromatic rings. The molecule has 1 atom stereocenters. The van der Waals surface area contributed by atoms with Crippen LogP contribution < -0.4 is 0 Å². The van der Waals surface area contributed by atoms with Crippen LogP contribution in [0, 0.1) is 6.92 Å². The third-order valence-electron chi connectivity index (χ3n) is 3.27. The number of carbonyl (C=O) groups is 1. The van der Waals surface area contributed by atoms with Crippen molar-refractivity contribution >= 4 is 5.91 Å². The molecule has 0 saturated carbocycles. The summed E-state index contributed by atoms with van der Waals surface area (Å²) in [6.45, 7) is 3.31. The number of aryl methyl sites for hydroxylation is 1. The summed E-state index contributed by atoms with van der Waals surface area (Å²) in [5.74, 6) is -0.142. The molecular formula is C14H15N5O2. The molecule has 3 rings (SSSR count). The Morgan fingerprint density at radius 3 is 2.86 bits per heavy atom. The third-order valence-corrected chi connectivity index (χ3v) is 3.27. The average molecular weight is 285 g/mol.